The first-order valence-corrected chi connectivity index (χ1v) is 19.7. The van der Waals surface area contributed by atoms with E-state index in [1.807, 2.05) is 26.8 Å². The summed E-state index contributed by atoms with van der Waals surface area (Å²) in [4.78, 5) is 28.9. The molecule has 14 nitrogen and oxygen atoms in total. The van der Waals surface area contributed by atoms with Crippen LogP contribution in [-0.4, -0.2) is 158 Å². The minimum Gasteiger partial charge on any atom is -0.462 e. The van der Waals surface area contributed by atoms with Gasteiger partial charge in [-0.05, 0) is 66.1 Å². The number of nitrogens with zero attached hydrogens (tertiary/aromatic N) is 1. The van der Waals surface area contributed by atoms with Crippen molar-refractivity contribution in [3.8, 4) is 0 Å². The second kappa shape index (κ2) is 21.8. The van der Waals surface area contributed by atoms with Crippen LogP contribution in [0.3, 0.4) is 0 Å². The molecule has 54 heavy (non-hydrogen) atoms. The number of cyclic esters (lactones) is 1. The maximum atomic E-state index is 13.6. The van der Waals surface area contributed by atoms with Crippen molar-refractivity contribution >= 4 is 23.4 Å². The molecule has 3 aliphatic heterocycles. The van der Waals surface area contributed by atoms with Crippen LogP contribution in [0.2, 0.25) is 0 Å². The van der Waals surface area contributed by atoms with Crippen LogP contribution in [0.25, 0.3) is 0 Å². The molecule has 0 aliphatic carbocycles. The molecule has 2 saturated heterocycles. The molecule has 3 rings (SSSR count). The van der Waals surface area contributed by atoms with Crippen LogP contribution in [0, 0.1) is 23.7 Å². The number of likely N-dealkylation sites (N-methyl/N-ethyl adjacent to an activating group) is 1. The van der Waals surface area contributed by atoms with Crippen LogP contribution >= 0.6 is 11.6 Å². The summed E-state index contributed by atoms with van der Waals surface area (Å²) in [6.07, 6.45) is -4.77. The highest BCUT2D eigenvalue weighted by Gasteiger charge is 2.48. The molecule has 15 heteroatoms. The van der Waals surface area contributed by atoms with E-state index in [9.17, 15) is 30.0 Å². The number of hydrogen-bond donors (Lipinski definition) is 4. The Morgan fingerprint density at radius 3 is 2.11 bits per heavy atom. The van der Waals surface area contributed by atoms with Gasteiger partial charge in [-0.15, -0.1) is 11.6 Å². The molecule has 0 aromatic heterocycles. The van der Waals surface area contributed by atoms with Gasteiger partial charge in [0.2, 0.25) is 0 Å². The van der Waals surface area contributed by atoms with Crippen LogP contribution in [-0.2, 0) is 42.7 Å². The number of carbonyl (C=O) groups excluding carboxylic acids is 2. The molecule has 0 aromatic rings. The molecule has 3 heterocycles. The van der Waals surface area contributed by atoms with Crippen molar-refractivity contribution in [3.05, 3.63) is 23.8 Å². The van der Waals surface area contributed by atoms with E-state index in [1.165, 1.54) is 20.3 Å². The Kier molecular flexibility index (Phi) is 19.0. The van der Waals surface area contributed by atoms with E-state index in [4.69, 9.17) is 44.8 Å². The number of ether oxygens (including phenoxy) is 7. The molecular weight excluding hydrogens is 726 g/mol. The van der Waals surface area contributed by atoms with Crippen LogP contribution in [0.4, 0.5) is 0 Å². The van der Waals surface area contributed by atoms with Gasteiger partial charge in [-0.3, -0.25) is 9.59 Å². The monoisotopic (exact) mass is 791 g/mol. The molecule has 4 unspecified atom stereocenters. The molecule has 0 aromatic carbocycles. The fourth-order valence-corrected chi connectivity index (χ4v) is 8.11. The summed E-state index contributed by atoms with van der Waals surface area (Å²) in [6, 6.07) is -0.696. The maximum absolute atomic E-state index is 13.6. The van der Waals surface area contributed by atoms with Gasteiger partial charge >= 0.3 is 5.97 Å². The molecule has 0 radical (unpaired) electrons. The summed E-state index contributed by atoms with van der Waals surface area (Å²) >= 11 is 6.31. The number of ketones is 1. The van der Waals surface area contributed by atoms with Gasteiger partial charge in [0.1, 0.15) is 30.5 Å². The molecule has 2 fully saturated rings. The third kappa shape index (κ3) is 12.0. The van der Waals surface area contributed by atoms with Gasteiger partial charge in [0.25, 0.3) is 0 Å². The van der Waals surface area contributed by atoms with Gasteiger partial charge in [-0.25, -0.2) is 0 Å². The zero-order valence-electron chi connectivity index (χ0n) is 33.6. The molecule has 17 atom stereocenters. The van der Waals surface area contributed by atoms with Crippen molar-refractivity contribution in [2.45, 2.75) is 147 Å². The highest BCUT2D eigenvalue weighted by Crippen LogP contribution is 2.35. The number of aliphatic hydroxyl groups is 4. The summed E-state index contributed by atoms with van der Waals surface area (Å²) in [5.41, 5.74) is 0.736. The van der Waals surface area contributed by atoms with Gasteiger partial charge in [-0.2, -0.15) is 0 Å². The van der Waals surface area contributed by atoms with Crippen molar-refractivity contribution in [2.75, 3.05) is 40.8 Å². The van der Waals surface area contributed by atoms with Crippen molar-refractivity contribution in [3.63, 3.8) is 0 Å². The van der Waals surface area contributed by atoms with E-state index < -0.39 is 103 Å². The summed E-state index contributed by atoms with van der Waals surface area (Å²) in [6.45, 7) is 10.7. The Labute approximate surface area is 326 Å². The number of alkyl halides is 1. The van der Waals surface area contributed by atoms with E-state index in [1.54, 1.807) is 45.8 Å². The van der Waals surface area contributed by atoms with Crippen LogP contribution in [0.1, 0.15) is 67.2 Å². The maximum Gasteiger partial charge on any atom is 0.308 e. The van der Waals surface area contributed by atoms with Crippen LogP contribution in [0.15, 0.2) is 23.8 Å². The van der Waals surface area contributed by atoms with Gasteiger partial charge in [0.05, 0.1) is 49.6 Å². The average Bonchev–Trinajstić information content (AvgIpc) is 3.12. The first-order chi connectivity index (χ1) is 25.5. The minimum absolute atomic E-state index is 0.0326. The van der Waals surface area contributed by atoms with E-state index in [0.717, 1.165) is 5.57 Å². The number of aliphatic hydroxyl groups excluding tert-OH is 4. The lowest BCUT2D eigenvalue weighted by Gasteiger charge is -2.46. The molecule has 0 spiro atoms. The summed E-state index contributed by atoms with van der Waals surface area (Å²) in [5, 5.41) is 44.4. The molecule has 3 aliphatic rings. The second-order valence-electron chi connectivity index (χ2n) is 15.4. The zero-order chi connectivity index (χ0) is 40.4. The number of esters is 1. The average molecular weight is 792 g/mol. The molecule has 0 saturated carbocycles. The number of methoxy groups -OCH3 is 2. The largest absolute Gasteiger partial charge is 0.462 e. The Hall–Kier alpha value is -1.53. The predicted molar refractivity (Wildman–Crippen MR) is 201 cm³/mol. The van der Waals surface area contributed by atoms with Crippen molar-refractivity contribution in [2.24, 2.45) is 23.7 Å². The van der Waals surface area contributed by atoms with Crippen LogP contribution < -0.4 is 0 Å². The molecular formula is C39H66ClNO13. The minimum atomic E-state index is -1.24. The molecule has 0 amide bonds. The summed E-state index contributed by atoms with van der Waals surface area (Å²) in [5.74, 6) is -2.56. The smallest absolute Gasteiger partial charge is 0.308 e. The predicted octanol–water partition coefficient (Wildman–Crippen LogP) is 2.60. The van der Waals surface area contributed by atoms with Crippen molar-refractivity contribution in [1.29, 1.82) is 0 Å². The van der Waals surface area contributed by atoms with E-state index in [0.29, 0.717) is 19.3 Å². The highest BCUT2D eigenvalue weighted by molar-refractivity contribution is 6.17. The number of carbonyl (C=O) groups is 2. The first-order valence-electron chi connectivity index (χ1n) is 19.2. The fourth-order valence-electron chi connectivity index (χ4n) is 7.83. The third-order valence-electron chi connectivity index (χ3n) is 11.2. The van der Waals surface area contributed by atoms with E-state index >= 15 is 0 Å². The normalized spacial score (nSPS) is 43.7. The van der Waals surface area contributed by atoms with Gasteiger partial charge in [0, 0.05) is 37.9 Å². The van der Waals surface area contributed by atoms with Crippen molar-refractivity contribution in [1.82, 2.24) is 4.90 Å². The SMILES string of the molecule is CC[C@H]1OC(=O)C[C@@H](O)[C@H](C)[C@@H](O[C@@H]2O[C@H](C)[C@@H](O)C(N(C)C)C2O)[C@@H](CCCl)C[C@@H](C)C(=O)/C=C/C(C)=C/[C@@H]1CO[C@@H]1OC(C)[C@@H](O)[C@H](OC)C1OC. The second-order valence-corrected chi connectivity index (χ2v) is 15.8. The number of halogens is 1. The van der Waals surface area contributed by atoms with Crippen molar-refractivity contribution < 1.29 is 63.2 Å². The van der Waals surface area contributed by atoms with Gasteiger partial charge in [-0.1, -0.05) is 38.5 Å². The Balaban J connectivity index is 1.96. The molecule has 0 bridgehead atoms. The topological polar surface area (TPSA) is 183 Å². The van der Waals surface area contributed by atoms with Crippen LogP contribution in [0.5, 0.6) is 0 Å². The molecule has 312 valence electrons. The lowest BCUT2D eigenvalue weighted by Crippen LogP contribution is -2.63. The first kappa shape index (κ1) is 46.8. The third-order valence-corrected chi connectivity index (χ3v) is 11.4. The number of rotatable bonds is 11. The number of allylic oxidation sites excluding steroid dienone is 3. The lowest BCUT2D eigenvalue weighted by atomic mass is 9.79. The Morgan fingerprint density at radius 2 is 1.52 bits per heavy atom. The van der Waals surface area contributed by atoms with Gasteiger partial charge < -0.3 is 58.5 Å². The Bertz CT molecular complexity index is 1240. The highest BCUT2D eigenvalue weighted by atomic mass is 35.5. The zero-order valence-corrected chi connectivity index (χ0v) is 34.3. The van der Waals surface area contributed by atoms with E-state index in [-0.39, 0.29) is 30.6 Å². The Morgan fingerprint density at radius 1 is 0.889 bits per heavy atom. The summed E-state index contributed by atoms with van der Waals surface area (Å²) in [7, 11) is 6.44. The molecule has 4 N–H and O–H groups in total. The van der Waals surface area contributed by atoms with E-state index in [2.05, 4.69) is 0 Å². The quantitative estimate of drug-likeness (QED) is 0.177. The summed E-state index contributed by atoms with van der Waals surface area (Å²) < 4.78 is 41.9. The number of hydrogen-bond acceptors (Lipinski definition) is 14. The lowest BCUT2D eigenvalue weighted by molar-refractivity contribution is -0.304. The van der Waals surface area contributed by atoms with Gasteiger partial charge in [0.15, 0.2) is 18.4 Å². The fraction of sp³-hybridized carbons (Fsp3) is 0.846. The standard InChI is InChI=1S/C39H66ClNO13/c1-11-29-26(19-50-39-37(49-10)36(48-9)33(46)24(6)52-39)16-20(2)12-13-27(42)21(3)17-25(14-15-40)35(22(4)28(43)18-30(44)53-29)54-38-34(47)31(41(7)8)32(45)23(5)51-38/h12-13,16,21-26,28-29,31-39,43,45-47H,11,14-15,17-19H2,1-10H3/b13-12+,20-16+/t21-,22+,23-,24?,25+,26-,28-,29-,31?,32-,33-,34?,35-,36+,37?,38+,39-/m1/s1.